The third-order valence-corrected chi connectivity index (χ3v) is 5.22. The molecular weight excluding hydrogens is 442 g/mol. The summed E-state index contributed by atoms with van der Waals surface area (Å²) < 4.78 is 5.19. The van der Waals surface area contributed by atoms with Gasteiger partial charge in [0.1, 0.15) is 5.82 Å². The van der Waals surface area contributed by atoms with Crippen molar-refractivity contribution in [1.82, 2.24) is 9.97 Å². The van der Waals surface area contributed by atoms with Gasteiger partial charge in [0, 0.05) is 23.0 Å². The number of nitrogens with zero attached hydrogens (tertiary/aromatic N) is 3. The van der Waals surface area contributed by atoms with E-state index in [-0.39, 0.29) is 17.7 Å². The molecule has 1 amide bonds. The number of aromatic hydroxyl groups is 1. The van der Waals surface area contributed by atoms with E-state index in [0.29, 0.717) is 28.5 Å². The van der Waals surface area contributed by atoms with Gasteiger partial charge in [0.25, 0.3) is 5.91 Å². The van der Waals surface area contributed by atoms with Crippen LogP contribution in [0.3, 0.4) is 0 Å². The van der Waals surface area contributed by atoms with Crippen LogP contribution in [-0.2, 0) is 4.79 Å². The first-order chi connectivity index (χ1) is 16.8. The normalized spacial score (nSPS) is 12.6. The number of amides is 1. The van der Waals surface area contributed by atoms with Gasteiger partial charge in [-0.25, -0.2) is 4.98 Å². The number of carbonyl (C=O) groups excluding carboxylic acids is 1. The zero-order valence-corrected chi connectivity index (χ0v) is 20.2. The Morgan fingerprint density at radius 2 is 2.00 bits per heavy atom. The molecule has 2 aromatic carbocycles. The first kappa shape index (κ1) is 25.2. The third-order valence-electron chi connectivity index (χ3n) is 5.22. The van der Waals surface area contributed by atoms with Crippen molar-refractivity contribution in [3.05, 3.63) is 83.8 Å². The smallest absolute Gasteiger partial charge is 0.251 e. The second-order valence-electron chi connectivity index (χ2n) is 8.00. The average Bonchev–Trinajstić information content (AvgIpc) is 2.84. The topological polar surface area (TPSA) is 109 Å². The van der Waals surface area contributed by atoms with Crippen LogP contribution in [0.25, 0.3) is 11.3 Å². The zero-order valence-electron chi connectivity index (χ0n) is 20.2. The molecule has 180 valence electrons. The molecule has 0 aliphatic heterocycles. The highest BCUT2D eigenvalue weighted by molar-refractivity contribution is 6.03. The Morgan fingerprint density at radius 3 is 2.74 bits per heavy atom. The minimum Gasteiger partial charge on any atom is -0.504 e. The summed E-state index contributed by atoms with van der Waals surface area (Å²) >= 11 is 0. The summed E-state index contributed by atoms with van der Waals surface area (Å²) in [5.41, 5.74) is 4.47. The number of phenolic OH excluding ortho intramolecular Hbond substituents is 1. The predicted molar refractivity (Wildman–Crippen MR) is 140 cm³/mol. The molecule has 1 aromatic heterocycles. The van der Waals surface area contributed by atoms with Gasteiger partial charge in [-0.05, 0) is 75.0 Å². The number of hydrogen-bond acceptors (Lipinski definition) is 7. The van der Waals surface area contributed by atoms with Crippen LogP contribution in [-0.4, -0.2) is 34.8 Å². The van der Waals surface area contributed by atoms with Crippen molar-refractivity contribution in [2.45, 2.75) is 26.8 Å². The van der Waals surface area contributed by atoms with E-state index in [0.717, 1.165) is 16.7 Å². The number of nitrogens with one attached hydrogen (secondary N) is 2. The molecule has 3 aromatic rings. The zero-order chi connectivity index (χ0) is 25.4. The molecule has 3 N–H and O–H groups in total. The van der Waals surface area contributed by atoms with Gasteiger partial charge >= 0.3 is 0 Å². The van der Waals surface area contributed by atoms with Gasteiger partial charge < -0.3 is 20.5 Å². The second-order valence-corrected chi connectivity index (χ2v) is 8.00. The molecule has 0 saturated carbocycles. The SMILES string of the molecule is C=N/C=C(C)\C=C(/C)C(=O)Nc1cccc([C@H](C)Nc2cncc(-c3ccc(O)c(OC)c3)n2)c1. The van der Waals surface area contributed by atoms with E-state index < -0.39 is 0 Å². The standard InChI is InChI=1S/C27H29N5O3/c1-17(14-28-4)11-18(2)27(34)31-22-8-6-7-20(12-22)19(3)30-26-16-29-15-23(32-26)21-9-10-24(33)25(13-21)35-5/h6-16,19,33H,4H2,1-3,5H3,(H,30,32)(H,31,34)/b17-14-,18-11+/t19-/m0/s1. The van der Waals surface area contributed by atoms with Crippen LogP contribution in [0.2, 0.25) is 0 Å². The summed E-state index contributed by atoms with van der Waals surface area (Å²) in [5, 5.41) is 16.1. The predicted octanol–water partition coefficient (Wildman–Crippen LogP) is 5.52. The Bertz CT molecular complexity index is 1280. The average molecular weight is 472 g/mol. The number of ether oxygens (including phenoxy) is 1. The second kappa shape index (κ2) is 11.6. The fraction of sp³-hybridized carbons (Fsp3) is 0.185. The van der Waals surface area contributed by atoms with Crippen molar-refractivity contribution >= 4 is 24.1 Å². The molecule has 0 radical (unpaired) electrons. The van der Waals surface area contributed by atoms with Gasteiger partial charge in [0.05, 0.1) is 31.2 Å². The third kappa shape index (κ3) is 6.77. The van der Waals surface area contributed by atoms with Crippen molar-refractivity contribution in [2.75, 3.05) is 17.7 Å². The van der Waals surface area contributed by atoms with E-state index in [1.54, 1.807) is 49.8 Å². The number of phenols is 1. The largest absolute Gasteiger partial charge is 0.504 e. The number of benzene rings is 2. The van der Waals surface area contributed by atoms with Crippen molar-refractivity contribution < 1.29 is 14.6 Å². The first-order valence-corrected chi connectivity index (χ1v) is 11.0. The van der Waals surface area contributed by atoms with Gasteiger partial charge in [-0.15, -0.1) is 0 Å². The number of aromatic nitrogens is 2. The number of methoxy groups -OCH3 is 1. The molecule has 1 atom stereocenters. The van der Waals surface area contributed by atoms with Crippen molar-refractivity contribution in [2.24, 2.45) is 4.99 Å². The molecule has 0 spiro atoms. The molecule has 35 heavy (non-hydrogen) atoms. The van der Waals surface area contributed by atoms with Gasteiger partial charge in [-0.1, -0.05) is 12.1 Å². The van der Waals surface area contributed by atoms with Gasteiger partial charge in [0.2, 0.25) is 0 Å². The summed E-state index contributed by atoms with van der Waals surface area (Å²) in [6.07, 6.45) is 6.65. The van der Waals surface area contributed by atoms with E-state index in [2.05, 4.69) is 32.3 Å². The molecule has 0 bridgehead atoms. The number of carbonyl (C=O) groups is 1. The molecule has 8 nitrogen and oxygen atoms in total. The number of hydrogen-bond donors (Lipinski definition) is 3. The molecule has 0 aliphatic carbocycles. The summed E-state index contributed by atoms with van der Waals surface area (Å²) in [7, 11) is 1.50. The summed E-state index contributed by atoms with van der Waals surface area (Å²) in [5.74, 6) is 0.824. The maximum atomic E-state index is 12.6. The highest BCUT2D eigenvalue weighted by atomic mass is 16.5. The molecule has 0 aliphatic rings. The Morgan fingerprint density at radius 1 is 1.20 bits per heavy atom. The van der Waals surface area contributed by atoms with Crippen LogP contribution in [0.5, 0.6) is 11.5 Å². The maximum Gasteiger partial charge on any atom is 0.251 e. The van der Waals surface area contributed by atoms with E-state index in [9.17, 15) is 9.90 Å². The van der Waals surface area contributed by atoms with E-state index in [1.165, 1.54) is 7.11 Å². The molecule has 0 fully saturated rings. The van der Waals surface area contributed by atoms with E-state index >= 15 is 0 Å². The minimum absolute atomic E-state index is 0.0603. The fourth-order valence-corrected chi connectivity index (χ4v) is 3.42. The highest BCUT2D eigenvalue weighted by Gasteiger charge is 2.11. The van der Waals surface area contributed by atoms with E-state index in [4.69, 9.17) is 4.74 Å². The molecule has 1 heterocycles. The molecule has 8 heteroatoms. The van der Waals surface area contributed by atoms with Crippen LogP contribution in [0.15, 0.2) is 83.3 Å². The van der Waals surface area contributed by atoms with Crippen molar-refractivity contribution in [3.63, 3.8) is 0 Å². The van der Waals surface area contributed by atoms with Crippen LogP contribution in [0.4, 0.5) is 11.5 Å². The summed E-state index contributed by atoms with van der Waals surface area (Å²) in [6, 6.07) is 12.5. The van der Waals surface area contributed by atoms with Gasteiger partial charge in [-0.3, -0.25) is 14.8 Å². The Hall–Kier alpha value is -4.46. The molecular formula is C27H29N5O3. The van der Waals surface area contributed by atoms with Gasteiger partial charge in [0.15, 0.2) is 11.5 Å². The number of anilines is 2. The van der Waals surface area contributed by atoms with Crippen LogP contribution >= 0.6 is 0 Å². The Balaban J connectivity index is 1.73. The maximum absolute atomic E-state index is 12.6. The monoisotopic (exact) mass is 471 g/mol. The lowest BCUT2D eigenvalue weighted by atomic mass is 10.1. The lowest BCUT2D eigenvalue weighted by molar-refractivity contribution is -0.112. The Kier molecular flexibility index (Phi) is 8.34. The van der Waals surface area contributed by atoms with Crippen molar-refractivity contribution in [3.8, 4) is 22.8 Å². The number of aliphatic imine (C=N–C) groups is 1. The summed E-state index contributed by atoms with van der Waals surface area (Å²) in [6.45, 7) is 9.03. The number of allylic oxidation sites excluding steroid dienone is 2. The molecule has 3 rings (SSSR count). The molecule has 0 unspecified atom stereocenters. The van der Waals surface area contributed by atoms with Gasteiger partial charge in [-0.2, -0.15) is 0 Å². The first-order valence-electron chi connectivity index (χ1n) is 11.0. The lowest BCUT2D eigenvalue weighted by Gasteiger charge is -2.17. The van der Waals surface area contributed by atoms with Crippen LogP contribution < -0.4 is 15.4 Å². The quantitative estimate of drug-likeness (QED) is 0.215. The molecule has 0 saturated heterocycles. The lowest BCUT2D eigenvalue weighted by Crippen LogP contribution is -2.14. The van der Waals surface area contributed by atoms with E-state index in [1.807, 2.05) is 38.1 Å². The van der Waals surface area contributed by atoms with Crippen LogP contribution in [0, 0.1) is 0 Å². The minimum atomic E-state index is -0.192. The van der Waals surface area contributed by atoms with Crippen LogP contribution in [0.1, 0.15) is 32.4 Å². The number of rotatable bonds is 9. The Labute approximate surface area is 205 Å². The fourth-order valence-electron chi connectivity index (χ4n) is 3.42. The highest BCUT2D eigenvalue weighted by Crippen LogP contribution is 2.31. The summed E-state index contributed by atoms with van der Waals surface area (Å²) in [4.78, 5) is 25.2. The van der Waals surface area contributed by atoms with Crippen molar-refractivity contribution in [1.29, 1.82) is 0 Å².